The zero-order valence-electron chi connectivity index (χ0n) is 24.2. The molecule has 1 aliphatic rings. The molecule has 0 bridgehead atoms. The molecule has 0 saturated carbocycles. The Morgan fingerprint density at radius 2 is 1.88 bits per heavy atom. The van der Waals surface area contributed by atoms with Gasteiger partial charge in [-0.1, -0.05) is 81.2 Å². The Bertz CT molecular complexity index is 1440. The molecular formula is C32H38Cl2N2O3Si. The molecule has 1 heterocycles. The van der Waals surface area contributed by atoms with E-state index in [2.05, 4.69) is 46.9 Å². The fraction of sp³-hybridized carbons (Fsp3) is 0.438. The maximum absolute atomic E-state index is 14.3. The second kappa shape index (κ2) is 12.1. The van der Waals surface area contributed by atoms with Crippen molar-refractivity contribution < 1.29 is 14.0 Å². The van der Waals surface area contributed by atoms with E-state index in [4.69, 9.17) is 32.4 Å². The molecular weight excluding hydrogens is 559 g/mol. The number of fused-ring (bicyclic) bond motifs is 3. The third-order valence-corrected chi connectivity index (χ3v) is 13.5. The van der Waals surface area contributed by atoms with Crippen molar-refractivity contribution in [2.24, 2.45) is 5.92 Å². The Morgan fingerprint density at radius 1 is 1.15 bits per heavy atom. The lowest BCUT2D eigenvalue weighted by Crippen LogP contribution is -2.42. The molecule has 0 radical (unpaired) electrons. The van der Waals surface area contributed by atoms with Gasteiger partial charge in [0, 0.05) is 31.5 Å². The van der Waals surface area contributed by atoms with Crippen molar-refractivity contribution in [3.63, 3.8) is 0 Å². The quantitative estimate of drug-likeness (QED) is 0.256. The van der Waals surface area contributed by atoms with Crippen LogP contribution in [0.5, 0.6) is 5.75 Å². The summed E-state index contributed by atoms with van der Waals surface area (Å²) in [6.07, 6.45) is 0.727. The maximum Gasteiger partial charge on any atom is 0.258 e. The number of hydrogen-bond acceptors (Lipinski definition) is 4. The minimum Gasteiger partial charge on any atom is -0.491 e. The topological polar surface area (TPSA) is 62.6 Å². The van der Waals surface area contributed by atoms with Gasteiger partial charge in [0.05, 0.1) is 27.8 Å². The van der Waals surface area contributed by atoms with E-state index in [1.54, 1.807) is 6.07 Å². The average Bonchev–Trinajstić information content (AvgIpc) is 2.89. The molecule has 8 heteroatoms. The number of benzene rings is 3. The highest BCUT2D eigenvalue weighted by Crippen LogP contribution is 2.38. The van der Waals surface area contributed by atoms with Gasteiger partial charge in [0.1, 0.15) is 11.8 Å². The molecule has 5 nitrogen and oxygen atoms in total. The third kappa shape index (κ3) is 6.50. The van der Waals surface area contributed by atoms with Gasteiger partial charge in [0.2, 0.25) is 0 Å². The van der Waals surface area contributed by atoms with Crippen LogP contribution in [0.4, 0.5) is 0 Å². The van der Waals surface area contributed by atoms with E-state index in [9.17, 15) is 10.1 Å². The van der Waals surface area contributed by atoms with E-state index in [1.165, 1.54) is 0 Å². The van der Waals surface area contributed by atoms with Crippen molar-refractivity contribution in [3.05, 3.63) is 75.3 Å². The first-order valence-corrected chi connectivity index (χ1v) is 17.5. The van der Waals surface area contributed by atoms with Crippen LogP contribution in [0.25, 0.3) is 10.8 Å². The lowest BCUT2D eigenvalue weighted by molar-refractivity contribution is 0.0667. The predicted octanol–water partition coefficient (Wildman–Crippen LogP) is 8.68. The molecule has 0 unspecified atom stereocenters. The summed E-state index contributed by atoms with van der Waals surface area (Å²) < 4.78 is 12.7. The molecule has 212 valence electrons. The summed E-state index contributed by atoms with van der Waals surface area (Å²) in [6.45, 7) is 15.3. The number of hydrogen-bond donors (Lipinski definition) is 0. The van der Waals surface area contributed by atoms with Crippen LogP contribution in [0.15, 0.2) is 48.5 Å². The van der Waals surface area contributed by atoms with E-state index in [0.29, 0.717) is 53.2 Å². The molecule has 2 atom stereocenters. The number of carbonyl (C=O) groups is 1. The molecule has 4 rings (SSSR count). The van der Waals surface area contributed by atoms with Crippen molar-refractivity contribution in [2.45, 2.75) is 58.2 Å². The lowest BCUT2D eigenvalue weighted by atomic mass is 9.93. The first kappa shape index (κ1) is 30.4. The van der Waals surface area contributed by atoms with Crippen LogP contribution in [0.1, 0.15) is 61.5 Å². The monoisotopic (exact) mass is 596 g/mol. The second-order valence-electron chi connectivity index (χ2n) is 12.4. The van der Waals surface area contributed by atoms with Gasteiger partial charge in [-0.3, -0.25) is 4.79 Å². The van der Waals surface area contributed by atoms with E-state index in [-0.39, 0.29) is 22.8 Å². The van der Waals surface area contributed by atoms with Crippen molar-refractivity contribution in [3.8, 4) is 11.8 Å². The van der Waals surface area contributed by atoms with Crippen LogP contribution in [-0.4, -0.2) is 45.4 Å². The molecule has 0 spiro atoms. The van der Waals surface area contributed by atoms with Gasteiger partial charge in [-0.25, -0.2) is 0 Å². The molecule has 0 aliphatic carbocycles. The number of carbonyl (C=O) groups excluding carboxylic acids is 1. The Morgan fingerprint density at radius 3 is 2.55 bits per heavy atom. The number of halogens is 2. The van der Waals surface area contributed by atoms with Crippen LogP contribution in [0, 0.1) is 17.2 Å². The van der Waals surface area contributed by atoms with Crippen LogP contribution < -0.4 is 4.74 Å². The zero-order chi connectivity index (χ0) is 29.2. The number of rotatable bonds is 7. The first-order chi connectivity index (χ1) is 18.8. The van der Waals surface area contributed by atoms with Gasteiger partial charge >= 0.3 is 0 Å². The van der Waals surface area contributed by atoms with Gasteiger partial charge < -0.3 is 14.1 Å². The summed E-state index contributed by atoms with van der Waals surface area (Å²) in [4.78, 5) is 16.3. The van der Waals surface area contributed by atoms with E-state index in [1.807, 2.05) is 47.4 Å². The van der Waals surface area contributed by atoms with Crippen molar-refractivity contribution in [2.75, 3.05) is 26.3 Å². The van der Waals surface area contributed by atoms with Crippen LogP contribution in [0.2, 0.25) is 28.2 Å². The highest BCUT2D eigenvalue weighted by molar-refractivity contribution is 6.74. The number of nitrogens with zero attached hydrogens (tertiary/aromatic N) is 2. The van der Waals surface area contributed by atoms with E-state index in [0.717, 1.165) is 22.8 Å². The molecule has 0 aromatic heterocycles. The highest BCUT2D eigenvalue weighted by atomic mass is 35.5. The van der Waals surface area contributed by atoms with Crippen LogP contribution >= 0.6 is 23.2 Å². The fourth-order valence-electron chi connectivity index (χ4n) is 4.90. The summed E-state index contributed by atoms with van der Waals surface area (Å²) in [7, 11) is -1.95. The smallest absolute Gasteiger partial charge is 0.258 e. The van der Waals surface area contributed by atoms with Crippen LogP contribution in [0.3, 0.4) is 0 Å². The van der Waals surface area contributed by atoms with Gasteiger partial charge in [-0.05, 0) is 59.1 Å². The molecule has 3 aromatic rings. The molecule has 1 aliphatic heterocycles. The summed E-state index contributed by atoms with van der Waals surface area (Å²) in [5.74, 6) is 0.290. The number of amides is 1. The largest absolute Gasteiger partial charge is 0.491 e. The second-order valence-corrected chi connectivity index (χ2v) is 18.0. The van der Waals surface area contributed by atoms with Crippen molar-refractivity contribution >= 4 is 48.2 Å². The fourth-order valence-corrected chi connectivity index (χ4v) is 6.26. The maximum atomic E-state index is 14.3. The van der Waals surface area contributed by atoms with Gasteiger partial charge in [-0.15, -0.1) is 0 Å². The Kier molecular flexibility index (Phi) is 9.21. The van der Waals surface area contributed by atoms with Crippen LogP contribution in [-0.2, 0) is 4.43 Å². The van der Waals surface area contributed by atoms with Gasteiger partial charge in [0.25, 0.3) is 5.91 Å². The van der Waals surface area contributed by atoms with Gasteiger partial charge in [-0.2, -0.15) is 5.26 Å². The number of ether oxygens (including phenoxy) is 1. The molecule has 40 heavy (non-hydrogen) atoms. The minimum atomic E-state index is -1.95. The summed E-state index contributed by atoms with van der Waals surface area (Å²) >= 11 is 12.7. The normalized spacial score (nSPS) is 17.0. The highest BCUT2D eigenvalue weighted by Gasteiger charge is 2.37. The Balaban J connectivity index is 1.72. The van der Waals surface area contributed by atoms with E-state index >= 15 is 0 Å². The SMILES string of the molecule is C[C@H]1COc2c(C#N)cc3ccccc3c2C(=O)N(C[C@@H](CCO[Si](C)(C)C(C)(C)C)c2ccc(Cl)c(Cl)c2)C1. The molecule has 0 saturated heterocycles. The molecule has 0 N–H and O–H groups in total. The number of nitriles is 1. The standard InChI is InChI=1S/C32H38Cl2N2O3Si/c1-21-18-36(31(37)29-26-10-8-7-9-23(26)15-25(17-35)30(29)38-20-21)19-24(22-11-12-27(33)28(34)16-22)13-14-39-40(5,6)32(2,3)4/h7-12,15-16,21,24H,13-14,18-20H2,1-6H3/t21-,24-/m1/s1. The predicted molar refractivity (Wildman–Crippen MR) is 166 cm³/mol. The first-order valence-electron chi connectivity index (χ1n) is 13.8. The summed E-state index contributed by atoms with van der Waals surface area (Å²) in [5.41, 5.74) is 1.84. The summed E-state index contributed by atoms with van der Waals surface area (Å²) in [5, 5.41) is 12.6. The third-order valence-electron chi connectivity index (χ3n) is 8.26. The molecule has 1 amide bonds. The lowest BCUT2D eigenvalue weighted by Gasteiger charge is -2.37. The van der Waals surface area contributed by atoms with E-state index < -0.39 is 8.32 Å². The Hall–Kier alpha value is -2.56. The van der Waals surface area contributed by atoms with Crippen molar-refractivity contribution in [1.82, 2.24) is 4.90 Å². The Labute approximate surface area is 249 Å². The zero-order valence-corrected chi connectivity index (χ0v) is 26.7. The molecule has 3 aromatic carbocycles. The minimum absolute atomic E-state index is 0.0232. The summed E-state index contributed by atoms with van der Waals surface area (Å²) in [6, 6.07) is 17.4. The van der Waals surface area contributed by atoms with Crippen molar-refractivity contribution in [1.29, 1.82) is 5.26 Å². The van der Waals surface area contributed by atoms with Gasteiger partial charge in [0.15, 0.2) is 8.32 Å². The average molecular weight is 598 g/mol. The molecule has 0 fully saturated rings.